The molecule has 16 heavy (non-hydrogen) atoms. The summed E-state index contributed by atoms with van der Waals surface area (Å²) in [6.07, 6.45) is 4.09. The predicted octanol–water partition coefficient (Wildman–Crippen LogP) is 1.15. The number of likely N-dealkylation sites (N-methyl/N-ethyl adjacent to an activating group) is 1. The zero-order chi connectivity index (χ0) is 11.6. The Morgan fingerprint density at radius 1 is 1.31 bits per heavy atom. The lowest BCUT2D eigenvalue weighted by Crippen LogP contribution is -2.59. The van der Waals surface area contributed by atoms with Crippen molar-refractivity contribution in [3.8, 4) is 0 Å². The molecule has 2 atom stereocenters. The molecule has 2 heterocycles. The zero-order valence-electron chi connectivity index (χ0n) is 11.1. The molecule has 2 aliphatic rings. The monoisotopic (exact) mass is 225 g/mol. The van der Waals surface area contributed by atoms with Crippen molar-refractivity contribution in [2.24, 2.45) is 0 Å². The van der Waals surface area contributed by atoms with Crippen molar-refractivity contribution in [2.45, 2.75) is 44.7 Å². The highest BCUT2D eigenvalue weighted by molar-refractivity contribution is 4.92. The van der Waals surface area contributed by atoms with Gasteiger partial charge in [-0.3, -0.25) is 4.90 Å². The largest absolute Gasteiger partial charge is 0.310 e. The summed E-state index contributed by atoms with van der Waals surface area (Å²) in [7, 11) is 2.23. The quantitative estimate of drug-likeness (QED) is 0.761. The first-order valence-electron chi connectivity index (χ1n) is 6.77. The maximum Gasteiger partial charge on any atom is 0.0280 e. The molecule has 0 bridgehead atoms. The van der Waals surface area contributed by atoms with Crippen molar-refractivity contribution in [1.82, 2.24) is 15.1 Å². The molecular weight excluding hydrogens is 198 g/mol. The van der Waals surface area contributed by atoms with Gasteiger partial charge in [0.2, 0.25) is 0 Å². The fourth-order valence-corrected chi connectivity index (χ4v) is 3.11. The summed E-state index contributed by atoms with van der Waals surface area (Å²) in [6, 6.07) is 0.708. The van der Waals surface area contributed by atoms with Crippen molar-refractivity contribution in [3.05, 3.63) is 0 Å². The van der Waals surface area contributed by atoms with Gasteiger partial charge in [-0.05, 0) is 40.3 Å². The molecule has 2 unspecified atom stereocenters. The molecule has 0 aliphatic carbocycles. The minimum atomic E-state index is 0.364. The Morgan fingerprint density at radius 3 is 2.75 bits per heavy atom. The third-order valence-corrected chi connectivity index (χ3v) is 4.23. The maximum atomic E-state index is 3.72. The highest BCUT2D eigenvalue weighted by Crippen LogP contribution is 2.21. The molecule has 0 amide bonds. The molecule has 0 aromatic heterocycles. The van der Waals surface area contributed by atoms with Crippen LogP contribution in [-0.2, 0) is 0 Å². The molecule has 2 rings (SSSR count). The SMILES string of the molecule is CC1CN(C)CCN1CC1(C)CCCCN1. The van der Waals surface area contributed by atoms with Gasteiger partial charge in [-0.1, -0.05) is 6.42 Å². The minimum absolute atomic E-state index is 0.364. The summed E-state index contributed by atoms with van der Waals surface area (Å²) in [4.78, 5) is 5.11. The summed E-state index contributed by atoms with van der Waals surface area (Å²) in [5.74, 6) is 0. The summed E-state index contributed by atoms with van der Waals surface area (Å²) in [5.41, 5.74) is 0.364. The first-order valence-corrected chi connectivity index (χ1v) is 6.77. The van der Waals surface area contributed by atoms with Crippen LogP contribution in [0.25, 0.3) is 0 Å². The van der Waals surface area contributed by atoms with E-state index in [1.54, 1.807) is 0 Å². The van der Waals surface area contributed by atoms with Crippen molar-refractivity contribution < 1.29 is 0 Å². The number of rotatable bonds is 2. The van der Waals surface area contributed by atoms with Gasteiger partial charge in [-0.2, -0.15) is 0 Å². The average molecular weight is 225 g/mol. The number of nitrogens with one attached hydrogen (secondary N) is 1. The van der Waals surface area contributed by atoms with Gasteiger partial charge < -0.3 is 10.2 Å². The fraction of sp³-hybridized carbons (Fsp3) is 1.00. The number of hydrogen-bond donors (Lipinski definition) is 1. The molecular formula is C13H27N3. The Balaban J connectivity index is 1.88. The van der Waals surface area contributed by atoms with Crippen LogP contribution in [0.3, 0.4) is 0 Å². The fourth-order valence-electron chi connectivity index (χ4n) is 3.11. The topological polar surface area (TPSA) is 18.5 Å². The third-order valence-electron chi connectivity index (χ3n) is 4.23. The van der Waals surface area contributed by atoms with Gasteiger partial charge in [0, 0.05) is 37.8 Å². The van der Waals surface area contributed by atoms with Crippen LogP contribution >= 0.6 is 0 Å². The number of nitrogens with zero attached hydrogens (tertiary/aromatic N) is 2. The normalized spacial score (nSPS) is 38.8. The van der Waals surface area contributed by atoms with Crippen molar-refractivity contribution in [3.63, 3.8) is 0 Å². The molecule has 2 aliphatic heterocycles. The molecule has 0 saturated carbocycles. The van der Waals surface area contributed by atoms with Gasteiger partial charge in [0.15, 0.2) is 0 Å². The lowest BCUT2D eigenvalue weighted by Gasteiger charge is -2.45. The zero-order valence-corrected chi connectivity index (χ0v) is 11.1. The standard InChI is InChI=1S/C13H27N3/c1-12-10-15(3)8-9-16(12)11-13(2)6-4-5-7-14-13/h12,14H,4-11H2,1-3H3. The molecule has 0 aromatic rings. The summed E-state index contributed by atoms with van der Waals surface area (Å²) in [6.45, 7) is 10.9. The molecule has 0 aromatic carbocycles. The Morgan fingerprint density at radius 2 is 2.12 bits per heavy atom. The van der Waals surface area contributed by atoms with E-state index in [1.165, 1.54) is 52.0 Å². The number of piperazine rings is 1. The average Bonchev–Trinajstić information content (AvgIpc) is 2.23. The molecule has 1 N–H and O–H groups in total. The first-order chi connectivity index (χ1) is 7.59. The second-order valence-corrected chi connectivity index (χ2v) is 6.03. The Labute approximate surface area is 100 Å². The summed E-state index contributed by atoms with van der Waals surface area (Å²) in [5, 5.41) is 3.72. The van der Waals surface area contributed by atoms with E-state index in [2.05, 4.69) is 36.0 Å². The second kappa shape index (κ2) is 5.03. The van der Waals surface area contributed by atoms with Crippen LogP contribution < -0.4 is 5.32 Å². The van der Waals surface area contributed by atoms with Gasteiger partial charge in [0.1, 0.15) is 0 Å². The first kappa shape index (κ1) is 12.3. The van der Waals surface area contributed by atoms with Crippen molar-refractivity contribution >= 4 is 0 Å². The van der Waals surface area contributed by atoms with Gasteiger partial charge >= 0.3 is 0 Å². The highest BCUT2D eigenvalue weighted by Gasteiger charge is 2.31. The molecule has 0 radical (unpaired) electrons. The van der Waals surface area contributed by atoms with Crippen LogP contribution in [0.5, 0.6) is 0 Å². The van der Waals surface area contributed by atoms with Gasteiger partial charge in [-0.15, -0.1) is 0 Å². The number of hydrogen-bond acceptors (Lipinski definition) is 3. The minimum Gasteiger partial charge on any atom is -0.310 e. The third kappa shape index (κ3) is 2.96. The van der Waals surface area contributed by atoms with E-state index in [9.17, 15) is 0 Å². The van der Waals surface area contributed by atoms with Gasteiger partial charge in [0.05, 0.1) is 0 Å². The van der Waals surface area contributed by atoms with Crippen LogP contribution in [0.15, 0.2) is 0 Å². The van der Waals surface area contributed by atoms with Crippen LogP contribution in [0.2, 0.25) is 0 Å². The Kier molecular flexibility index (Phi) is 3.88. The van der Waals surface area contributed by atoms with E-state index in [4.69, 9.17) is 0 Å². The molecule has 2 fully saturated rings. The lowest BCUT2D eigenvalue weighted by molar-refractivity contribution is 0.0654. The van der Waals surface area contributed by atoms with Crippen LogP contribution in [0.4, 0.5) is 0 Å². The lowest BCUT2D eigenvalue weighted by atomic mass is 9.89. The molecule has 0 spiro atoms. The molecule has 3 heteroatoms. The molecule has 3 nitrogen and oxygen atoms in total. The Bertz CT molecular complexity index is 223. The van der Waals surface area contributed by atoms with Gasteiger partial charge in [-0.25, -0.2) is 0 Å². The van der Waals surface area contributed by atoms with Gasteiger partial charge in [0.25, 0.3) is 0 Å². The van der Waals surface area contributed by atoms with E-state index < -0.39 is 0 Å². The van der Waals surface area contributed by atoms with E-state index in [0.29, 0.717) is 11.6 Å². The smallest absolute Gasteiger partial charge is 0.0280 e. The van der Waals surface area contributed by atoms with E-state index in [1.807, 2.05) is 0 Å². The number of piperidine rings is 1. The Hall–Kier alpha value is -0.120. The molecule has 2 saturated heterocycles. The van der Waals surface area contributed by atoms with Crippen LogP contribution in [0, 0.1) is 0 Å². The summed E-state index contributed by atoms with van der Waals surface area (Å²) < 4.78 is 0. The maximum absolute atomic E-state index is 3.72. The highest BCUT2D eigenvalue weighted by atomic mass is 15.3. The van der Waals surface area contributed by atoms with E-state index in [-0.39, 0.29) is 0 Å². The summed E-state index contributed by atoms with van der Waals surface area (Å²) >= 11 is 0. The molecule has 94 valence electrons. The van der Waals surface area contributed by atoms with E-state index >= 15 is 0 Å². The predicted molar refractivity (Wildman–Crippen MR) is 68.8 cm³/mol. The van der Waals surface area contributed by atoms with Crippen molar-refractivity contribution in [1.29, 1.82) is 0 Å². The van der Waals surface area contributed by atoms with Crippen LogP contribution in [-0.4, -0.2) is 61.2 Å². The van der Waals surface area contributed by atoms with Crippen molar-refractivity contribution in [2.75, 3.05) is 39.8 Å². The van der Waals surface area contributed by atoms with E-state index in [0.717, 1.165) is 0 Å². The second-order valence-electron chi connectivity index (χ2n) is 6.03. The van der Waals surface area contributed by atoms with Crippen LogP contribution in [0.1, 0.15) is 33.1 Å².